The molecule has 3 rings (SSSR count). The van der Waals surface area contributed by atoms with Crippen molar-refractivity contribution in [1.29, 1.82) is 0 Å². The zero-order chi connectivity index (χ0) is 13.9. The Balaban J connectivity index is 1.54. The Morgan fingerprint density at radius 1 is 1.20 bits per heavy atom. The van der Waals surface area contributed by atoms with Crippen molar-refractivity contribution in [2.75, 3.05) is 6.54 Å². The monoisotopic (exact) mass is 337 g/mol. The molecule has 4 heteroatoms. The number of hydrogen-bond acceptors (Lipinski definition) is 2. The lowest BCUT2D eigenvalue weighted by atomic mass is 9.89. The fourth-order valence-corrected chi connectivity index (χ4v) is 3.51. The highest BCUT2D eigenvalue weighted by atomic mass is 79.9. The molecule has 1 aromatic rings. The number of benzene rings is 1. The van der Waals surface area contributed by atoms with Gasteiger partial charge in [-0.2, -0.15) is 0 Å². The quantitative estimate of drug-likeness (QED) is 0.858. The molecule has 0 aromatic heterocycles. The van der Waals surface area contributed by atoms with E-state index in [9.17, 15) is 4.79 Å². The van der Waals surface area contributed by atoms with Gasteiger partial charge in [0, 0.05) is 16.9 Å². The molecule has 0 spiro atoms. The molecule has 20 heavy (non-hydrogen) atoms. The van der Waals surface area contributed by atoms with Gasteiger partial charge in [0.2, 0.25) is 0 Å². The molecule has 1 amide bonds. The number of amides is 1. The largest absolute Gasteiger partial charge is 0.372 e. The Morgan fingerprint density at radius 3 is 2.75 bits per heavy atom. The molecule has 2 aliphatic rings. The third-order valence-electron chi connectivity index (χ3n) is 4.31. The zero-order valence-electron chi connectivity index (χ0n) is 11.5. The summed E-state index contributed by atoms with van der Waals surface area (Å²) in [5, 5.41) is 3.08. The van der Waals surface area contributed by atoms with E-state index in [1.165, 1.54) is 31.2 Å². The van der Waals surface area contributed by atoms with Gasteiger partial charge in [-0.05, 0) is 54.9 Å². The van der Waals surface area contributed by atoms with Crippen LogP contribution in [0.5, 0.6) is 0 Å². The normalized spacial score (nSPS) is 25.2. The van der Waals surface area contributed by atoms with Crippen LogP contribution in [-0.2, 0) is 18.0 Å². The average molecular weight is 338 g/mol. The lowest BCUT2D eigenvalue weighted by molar-refractivity contribution is 0.0943. The van der Waals surface area contributed by atoms with Crippen LogP contribution in [0.4, 0.5) is 0 Å². The number of carbonyl (C=O) groups excluding carboxylic acids is 1. The second kappa shape index (κ2) is 6.27. The second-order valence-electron chi connectivity index (χ2n) is 5.80. The van der Waals surface area contributed by atoms with Crippen LogP contribution < -0.4 is 5.32 Å². The molecule has 1 N–H and O–H groups in total. The minimum atomic E-state index is 0.0423. The van der Waals surface area contributed by atoms with E-state index in [-0.39, 0.29) is 5.91 Å². The van der Waals surface area contributed by atoms with E-state index in [0.29, 0.717) is 24.0 Å². The SMILES string of the molecule is O=C(NCC1CCC(Br)CC1)c1ccc2c(c1)COC2. The Morgan fingerprint density at radius 2 is 1.95 bits per heavy atom. The van der Waals surface area contributed by atoms with Crippen molar-refractivity contribution < 1.29 is 9.53 Å². The first-order valence-electron chi connectivity index (χ1n) is 7.34. The highest BCUT2D eigenvalue weighted by molar-refractivity contribution is 9.09. The number of fused-ring (bicyclic) bond motifs is 1. The van der Waals surface area contributed by atoms with Gasteiger partial charge in [0.05, 0.1) is 13.2 Å². The summed E-state index contributed by atoms with van der Waals surface area (Å²) in [5.41, 5.74) is 3.11. The van der Waals surface area contributed by atoms with Gasteiger partial charge in [-0.15, -0.1) is 0 Å². The van der Waals surface area contributed by atoms with Gasteiger partial charge in [-0.1, -0.05) is 22.0 Å². The van der Waals surface area contributed by atoms with Crippen LogP contribution in [0.2, 0.25) is 0 Å². The van der Waals surface area contributed by atoms with Gasteiger partial charge in [0.1, 0.15) is 0 Å². The molecule has 1 fully saturated rings. The van der Waals surface area contributed by atoms with Crippen LogP contribution in [0, 0.1) is 5.92 Å². The zero-order valence-corrected chi connectivity index (χ0v) is 13.1. The highest BCUT2D eigenvalue weighted by Gasteiger charge is 2.20. The molecule has 1 aromatic carbocycles. The van der Waals surface area contributed by atoms with Gasteiger partial charge >= 0.3 is 0 Å². The summed E-state index contributed by atoms with van der Waals surface area (Å²) in [6.07, 6.45) is 4.84. The highest BCUT2D eigenvalue weighted by Crippen LogP contribution is 2.28. The van der Waals surface area contributed by atoms with Crippen molar-refractivity contribution in [1.82, 2.24) is 5.32 Å². The summed E-state index contributed by atoms with van der Waals surface area (Å²) < 4.78 is 5.38. The lowest BCUT2D eigenvalue weighted by Crippen LogP contribution is -2.31. The van der Waals surface area contributed by atoms with E-state index in [0.717, 1.165) is 17.7 Å². The predicted octanol–water partition coefficient (Wildman–Crippen LogP) is 3.40. The number of halogens is 1. The summed E-state index contributed by atoms with van der Waals surface area (Å²) in [4.78, 5) is 12.9. The van der Waals surface area contributed by atoms with E-state index < -0.39 is 0 Å². The Bertz CT molecular complexity index is 495. The van der Waals surface area contributed by atoms with E-state index >= 15 is 0 Å². The van der Waals surface area contributed by atoms with Crippen LogP contribution in [0.15, 0.2) is 18.2 Å². The molecule has 3 nitrogen and oxygen atoms in total. The van der Waals surface area contributed by atoms with Gasteiger partial charge in [-0.3, -0.25) is 4.79 Å². The number of alkyl halides is 1. The minimum Gasteiger partial charge on any atom is -0.372 e. The van der Waals surface area contributed by atoms with Crippen LogP contribution in [0.1, 0.15) is 47.2 Å². The van der Waals surface area contributed by atoms with Crippen LogP contribution in [0.25, 0.3) is 0 Å². The van der Waals surface area contributed by atoms with Crippen molar-refractivity contribution in [3.8, 4) is 0 Å². The summed E-state index contributed by atoms with van der Waals surface area (Å²) in [6.45, 7) is 2.10. The van der Waals surface area contributed by atoms with Crippen molar-refractivity contribution in [2.24, 2.45) is 5.92 Å². The molecule has 1 saturated carbocycles. The second-order valence-corrected chi connectivity index (χ2v) is 7.10. The first kappa shape index (κ1) is 14.1. The smallest absolute Gasteiger partial charge is 0.251 e. The van der Waals surface area contributed by atoms with Gasteiger partial charge in [0.25, 0.3) is 5.91 Å². The standard InChI is InChI=1S/C16H20BrNO2/c17-15-5-1-11(2-6-15)8-18-16(19)12-3-4-13-9-20-10-14(13)7-12/h3-4,7,11,15H,1-2,5-6,8-10H2,(H,18,19). The predicted molar refractivity (Wildman–Crippen MR) is 81.9 cm³/mol. The average Bonchev–Trinajstić information content (AvgIpc) is 2.93. The molecule has 0 radical (unpaired) electrons. The van der Waals surface area contributed by atoms with Gasteiger partial charge in [-0.25, -0.2) is 0 Å². The maximum absolute atomic E-state index is 12.2. The molecule has 0 saturated heterocycles. The summed E-state index contributed by atoms with van der Waals surface area (Å²) >= 11 is 3.66. The third-order valence-corrected chi connectivity index (χ3v) is 5.23. The topological polar surface area (TPSA) is 38.3 Å². The Labute approximate surface area is 128 Å². The van der Waals surface area contributed by atoms with Crippen LogP contribution >= 0.6 is 15.9 Å². The summed E-state index contributed by atoms with van der Waals surface area (Å²) in [5.74, 6) is 0.672. The fraction of sp³-hybridized carbons (Fsp3) is 0.562. The molecule has 0 atom stereocenters. The number of hydrogen-bond donors (Lipinski definition) is 1. The van der Waals surface area contributed by atoms with E-state index in [2.05, 4.69) is 21.2 Å². The third kappa shape index (κ3) is 3.23. The van der Waals surface area contributed by atoms with Crippen LogP contribution in [0.3, 0.4) is 0 Å². The van der Waals surface area contributed by atoms with Crippen LogP contribution in [-0.4, -0.2) is 17.3 Å². The van der Waals surface area contributed by atoms with Gasteiger partial charge < -0.3 is 10.1 Å². The van der Waals surface area contributed by atoms with E-state index in [1.807, 2.05) is 18.2 Å². The summed E-state index contributed by atoms with van der Waals surface area (Å²) in [6, 6.07) is 5.87. The van der Waals surface area contributed by atoms with Crippen molar-refractivity contribution in [3.05, 3.63) is 34.9 Å². The number of ether oxygens (including phenoxy) is 1. The molecular weight excluding hydrogens is 318 g/mol. The number of nitrogens with one attached hydrogen (secondary N) is 1. The lowest BCUT2D eigenvalue weighted by Gasteiger charge is -2.25. The molecule has 1 aliphatic heterocycles. The molecule has 1 aliphatic carbocycles. The van der Waals surface area contributed by atoms with E-state index in [1.54, 1.807) is 0 Å². The van der Waals surface area contributed by atoms with Crippen molar-refractivity contribution in [3.63, 3.8) is 0 Å². The Hall–Kier alpha value is -0.870. The maximum atomic E-state index is 12.2. The number of rotatable bonds is 3. The molecule has 0 unspecified atom stereocenters. The first-order chi connectivity index (χ1) is 9.72. The molecular formula is C16H20BrNO2. The molecule has 0 bridgehead atoms. The molecule has 108 valence electrons. The van der Waals surface area contributed by atoms with Crippen molar-refractivity contribution in [2.45, 2.75) is 43.7 Å². The minimum absolute atomic E-state index is 0.0423. The maximum Gasteiger partial charge on any atom is 0.251 e. The van der Waals surface area contributed by atoms with Crippen molar-refractivity contribution >= 4 is 21.8 Å². The summed E-state index contributed by atoms with van der Waals surface area (Å²) in [7, 11) is 0. The molecule has 1 heterocycles. The van der Waals surface area contributed by atoms with Gasteiger partial charge in [0.15, 0.2) is 0 Å². The first-order valence-corrected chi connectivity index (χ1v) is 8.26. The van der Waals surface area contributed by atoms with E-state index in [4.69, 9.17) is 4.74 Å². The fourth-order valence-electron chi connectivity index (χ4n) is 2.98. The number of carbonyl (C=O) groups is 1. The Kier molecular flexibility index (Phi) is 4.41.